The van der Waals surface area contributed by atoms with Crippen molar-refractivity contribution in [1.82, 2.24) is 0 Å². The zero-order chi connectivity index (χ0) is 15.2. The molecule has 0 spiro atoms. The summed E-state index contributed by atoms with van der Waals surface area (Å²) in [6.45, 7) is 5.68. The number of hydrogen-bond acceptors (Lipinski definition) is 4. The van der Waals surface area contributed by atoms with Gasteiger partial charge in [-0.05, 0) is 44.9 Å². The summed E-state index contributed by atoms with van der Waals surface area (Å²) in [6, 6.07) is 5.21. The van der Waals surface area contributed by atoms with E-state index in [-0.39, 0.29) is 0 Å². The lowest BCUT2D eigenvalue weighted by molar-refractivity contribution is 0.0636. The summed E-state index contributed by atoms with van der Waals surface area (Å²) in [5, 5.41) is 3.01. The largest absolute Gasteiger partial charge is 0.444 e. The van der Waals surface area contributed by atoms with Gasteiger partial charge < -0.3 is 4.74 Å². The van der Waals surface area contributed by atoms with Crippen molar-refractivity contribution in [3.05, 3.63) is 28.8 Å². The van der Waals surface area contributed by atoms with E-state index in [9.17, 15) is 9.59 Å². The summed E-state index contributed by atoms with van der Waals surface area (Å²) in [7, 11) is 0. The van der Waals surface area contributed by atoms with Crippen LogP contribution in [0.3, 0.4) is 0 Å². The van der Waals surface area contributed by atoms with E-state index in [1.165, 1.54) is 6.08 Å². The molecule has 1 aromatic rings. The van der Waals surface area contributed by atoms with Crippen LogP contribution in [0.5, 0.6) is 0 Å². The Kier molecular flexibility index (Phi) is 5.74. The summed E-state index contributed by atoms with van der Waals surface area (Å²) in [4.78, 5) is 25.2. The van der Waals surface area contributed by atoms with Crippen molar-refractivity contribution in [2.75, 3.05) is 11.9 Å². The molecule has 5 nitrogen and oxygen atoms in total. The predicted molar refractivity (Wildman–Crippen MR) is 78.0 cm³/mol. The third-order valence-corrected chi connectivity index (χ3v) is 2.57. The first kappa shape index (κ1) is 16.2. The molecule has 0 aromatic heterocycles. The zero-order valence-corrected chi connectivity index (χ0v) is 12.5. The fourth-order valence-electron chi connectivity index (χ4n) is 1.47. The van der Waals surface area contributed by atoms with E-state index in [4.69, 9.17) is 16.3 Å². The maximum atomic E-state index is 11.7. The van der Waals surface area contributed by atoms with E-state index in [1.54, 1.807) is 32.9 Å². The maximum Gasteiger partial charge on any atom is 0.412 e. The van der Waals surface area contributed by atoms with Crippen LogP contribution in [0.1, 0.15) is 26.3 Å². The molecule has 1 aromatic carbocycles. The monoisotopic (exact) mass is 296 g/mol. The van der Waals surface area contributed by atoms with Crippen molar-refractivity contribution in [3.8, 4) is 0 Å². The normalized spacial score (nSPS) is 10.6. The van der Waals surface area contributed by atoms with Crippen LogP contribution in [-0.2, 0) is 16.0 Å². The first-order valence-corrected chi connectivity index (χ1v) is 6.51. The molecular formula is C14H17ClN2O3. The fourth-order valence-corrected chi connectivity index (χ4v) is 1.63. The number of halogens is 1. The standard InChI is InChI=1S/C14H17ClN2O3/c1-14(2,3)20-13(19)17-12-8-10(4-5-11(12)15)6-7-16-9-18/h4-5,8H,6-7H2,1-3H3,(H,17,19). The van der Waals surface area contributed by atoms with E-state index in [1.807, 2.05) is 6.07 Å². The molecule has 0 aliphatic rings. The van der Waals surface area contributed by atoms with Crippen molar-refractivity contribution >= 4 is 29.5 Å². The molecule has 0 unspecified atom stereocenters. The summed E-state index contributed by atoms with van der Waals surface area (Å²) in [5.74, 6) is 0. The molecule has 0 radical (unpaired) electrons. The average Bonchev–Trinajstić information content (AvgIpc) is 2.31. The fraction of sp³-hybridized carbons (Fsp3) is 0.429. The third-order valence-electron chi connectivity index (χ3n) is 2.24. The zero-order valence-electron chi connectivity index (χ0n) is 11.7. The van der Waals surface area contributed by atoms with Gasteiger partial charge in [-0.3, -0.25) is 5.32 Å². The number of benzene rings is 1. The minimum absolute atomic E-state index is 0.344. The Bertz CT molecular complexity index is 532. The van der Waals surface area contributed by atoms with Crippen LogP contribution >= 0.6 is 11.6 Å². The molecule has 0 fully saturated rings. The number of ether oxygens (including phenoxy) is 1. The molecule has 0 aliphatic carbocycles. The number of anilines is 1. The first-order valence-electron chi connectivity index (χ1n) is 6.14. The van der Waals surface area contributed by atoms with Crippen molar-refractivity contribution in [2.45, 2.75) is 32.8 Å². The summed E-state index contributed by atoms with van der Waals surface area (Å²) < 4.78 is 5.16. The highest BCUT2D eigenvalue weighted by atomic mass is 35.5. The number of rotatable bonds is 4. The Balaban J connectivity index is 2.76. The van der Waals surface area contributed by atoms with Gasteiger partial charge in [0.2, 0.25) is 6.08 Å². The molecule has 1 rings (SSSR count). The van der Waals surface area contributed by atoms with Gasteiger partial charge in [-0.2, -0.15) is 0 Å². The van der Waals surface area contributed by atoms with E-state index < -0.39 is 11.7 Å². The molecule has 1 amide bonds. The summed E-state index contributed by atoms with van der Waals surface area (Å²) in [6.07, 6.45) is 1.48. The Labute approximate surface area is 123 Å². The average molecular weight is 297 g/mol. The SMILES string of the molecule is CC(C)(C)OC(=O)Nc1cc(CCN=C=O)ccc1Cl. The third kappa shape index (κ3) is 5.87. The van der Waals surface area contributed by atoms with Gasteiger partial charge in [0, 0.05) is 0 Å². The molecule has 0 aliphatic heterocycles. The van der Waals surface area contributed by atoms with Crippen molar-refractivity contribution in [1.29, 1.82) is 0 Å². The van der Waals surface area contributed by atoms with Crippen LogP contribution in [0.4, 0.5) is 10.5 Å². The molecular weight excluding hydrogens is 280 g/mol. The molecule has 0 heterocycles. The summed E-state index contributed by atoms with van der Waals surface area (Å²) >= 11 is 6.02. The highest BCUT2D eigenvalue weighted by Crippen LogP contribution is 2.24. The van der Waals surface area contributed by atoms with Gasteiger partial charge in [0.05, 0.1) is 17.3 Å². The molecule has 0 atom stereocenters. The smallest absolute Gasteiger partial charge is 0.412 e. The number of nitrogens with zero attached hydrogens (tertiary/aromatic N) is 1. The van der Waals surface area contributed by atoms with Crippen molar-refractivity contribution < 1.29 is 14.3 Å². The van der Waals surface area contributed by atoms with Gasteiger partial charge in [0.25, 0.3) is 0 Å². The van der Waals surface area contributed by atoms with Crippen molar-refractivity contribution in [3.63, 3.8) is 0 Å². The Morgan fingerprint density at radius 2 is 2.15 bits per heavy atom. The van der Waals surface area contributed by atoms with Gasteiger partial charge in [0.1, 0.15) is 5.60 Å². The predicted octanol–water partition coefficient (Wildman–Crippen LogP) is 3.57. The van der Waals surface area contributed by atoms with Gasteiger partial charge in [-0.15, -0.1) is 0 Å². The second-order valence-corrected chi connectivity index (χ2v) is 5.57. The van der Waals surface area contributed by atoms with Crippen LogP contribution in [0.2, 0.25) is 5.02 Å². The Hall–Kier alpha value is -1.84. The number of nitrogens with one attached hydrogen (secondary N) is 1. The topological polar surface area (TPSA) is 67.8 Å². The quantitative estimate of drug-likeness (QED) is 0.682. The minimum atomic E-state index is -0.577. The minimum Gasteiger partial charge on any atom is -0.444 e. The lowest BCUT2D eigenvalue weighted by Crippen LogP contribution is -2.27. The lowest BCUT2D eigenvalue weighted by Gasteiger charge is -2.20. The van der Waals surface area contributed by atoms with Gasteiger partial charge >= 0.3 is 6.09 Å². The van der Waals surface area contributed by atoms with Crippen LogP contribution < -0.4 is 5.32 Å². The number of hydrogen-bond donors (Lipinski definition) is 1. The van der Waals surface area contributed by atoms with E-state index in [2.05, 4.69) is 10.3 Å². The second-order valence-electron chi connectivity index (χ2n) is 5.16. The lowest BCUT2D eigenvalue weighted by atomic mass is 10.1. The number of amides is 1. The molecule has 0 saturated carbocycles. The van der Waals surface area contributed by atoms with Gasteiger partial charge in [0.15, 0.2) is 0 Å². The van der Waals surface area contributed by atoms with Crippen LogP contribution in [0.25, 0.3) is 0 Å². The number of carbonyl (C=O) groups excluding carboxylic acids is 2. The number of aliphatic imine (C=N–C) groups is 1. The molecule has 0 bridgehead atoms. The van der Waals surface area contributed by atoms with E-state index in [0.29, 0.717) is 23.7 Å². The Morgan fingerprint density at radius 1 is 1.45 bits per heavy atom. The van der Waals surface area contributed by atoms with E-state index in [0.717, 1.165) is 5.56 Å². The highest BCUT2D eigenvalue weighted by Gasteiger charge is 2.17. The molecule has 0 saturated heterocycles. The number of isocyanates is 1. The van der Waals surface area contributed by atoms with Gasteiger partial charge in [-0.1, -0.05) is 17.7 Å². The molecule has 108 valence electrons. The van der Waals surface area contributed by atoms with E-state index >= 15 is 0 Å². The second kappa shape index (κ2) is 7.08. The van der Waals surface area contributed by atoms with Crippen LogP contribution in [-0.4, -0.2) is 24.3 Å². The van der Waals surface area contributed by atoms with Crippen molar-refractivity contribution in [2.24, 2.45) is 4.99 Å². The van der Waals surface area contributed by atoms with Gasteiger partial charge in [-0.25, -0.2) is 14.6 Å². The Morgan fingerprint density at radius 3 is 2.75 bits per heavy atom. The summed E-state index contributed by atoms with van der Waals surface area (Å²) in [5.41, 5.74) is 0.792. The van der Waals surface area contributed by atoms with Crippen LogP contribution in [0, 0.1) is 0 Å². The maximum absolute atomic E-state index is 11.7. The van der Waals surface area contributed by atoms with Crippen LogP contribution in [0.15, 0.2) is 23.2 Å². The molecule has 20 heavy (non-hydrogen) atoms. The number of carbonyl (C=O) groups is 1. The highest BCUT2D eigenvalue weighted by molar-refractivity contribution is 6.33. The molecule has 1 N–H and O–H groups in total. The molecule has 6 heteroatoms. The first-order chi connectivity index (χ1) is 9.31.